The molecule has 7 heteroatoms. The van der Waals surface area contributed by atoms with Gasteiger partial charge in [-0.25, -0.2) is 4.68 Å². The molecule has 0 aliphatic heterocycles. The van der Waals surface area contributed by atoms with Gasteiger partial charge in [0.05, 0.1) is 24.2 Å². The Hall–Kier alpha value is -2.93. The molecule has 2 heterocycles. The molecule has 140 valence electrons. The third kappa shape index (κ3) is 4.62. The maximum atomic E-state index is 12.3. The minimum atomic E-state index is -0.198. The number of aromatic nitrogens is 2. The Labute approximate surface area is 161 Å². The molecule has 1 atom stereocenters. The SMILES string of the molecule is CC[C@H](Cn1nc(-c2ccc(OC)cc2)ccc1=O)NC(=O)c1cccs1. The number of hydrogen-bond acceptors (Lipinski definition) is 5. The highest BCUT2D eigenvalue weighted by Gasteiger charge is 2.15. The number of carbonyl (C=O) groups excluding carboxylic acids is 1. The molecule has 1 aromatic carbocycles. The number of amides is 1. The molecule has 0 fully saturated rings. The van der Waals surface area contributed by atoms with Crippen molar-refractivity contribution in [2.45, 2.75) is 25.9 Å². The van der Waals surface area contributed by atoms with Crippen LogP contribution in [0.5, 0.6) is 5.75 Å². The number of thiophene rings is 1. The molecule has 6 nitrogen and oxygen atoms in total. The summed E-state index contributed by atoms with van der Waals surface area (Å²) in [5.41, 5.74) is 1.38. The van der Waals surface area contributed by atoms with E-state index >= 15 is 0 Å². The van der Waals surface area contributed by atoms with Crippen molar-refractivity contribution < 1.29 is 9.53 Å². The Kier molecular flexibility index (Phi) is 6.03. The van der Waals surface area contributed by atoms with Crippen molar-refractivity contribution in [3.05, 3.63) is 69.1 Å². The van der Waals surface area contributed by atoms with Gasteiger partial charge < -0.3 is 10.1 Å². The van der Waals surface area contributed by atoms with Gasteiger partial charge in [-0.1, -0.05) is 13.0 Å². The van der Waals surface area contributed by atoms with E-state index < -0.39 is 0 Å². The Balaban J connectivity index is 1.78. The van der Waals surface area contributed by atoms with Crippen molar-refractivity contribution in [2.24, 2.45) is 0 Å². The van der Waals surface area contributed by atoms with Crippen LogP contribution in [0.4, 0.5) is 0 Å². The van der Waals surface area contributed by atoms with Gasteiger partial charge in [0, 0.05) is 17.7 Å². The quantitative estimate of drug-likeness (QED) is 0.680. The number of carbonyl (C=O) groups is 1. The first-order valence-electron chi connectivity index (χ1n) is 8.67. The van der Waals surface area contributed by atoms with E-state index in [1.54, 1.807) is 19.2 Å². The number of nitrogens with one attached hydrogen (secondary N) is 1. The summed E-state index contributed by atoms with van der Waals surface area (Å²) in [6, 6.07) is 14.1. The maximum absolute atomic E-state index is 12.3. The van der Waals surface area contributed by atoms with Gasteiger partial charge in [-0.05, 0) is 48.2 Å². The first kappa shape index (κ1) is 18.8. The largest absolute Gasteiger partial charge is 0.497 e. The molecule has 0 radical (unpaired) electrons. The maximum Gasteiger partial charge on any atom is 0.266 e. The molecule has 3 aromatic rings. The Morgan fingerprint density at radius 2 is 2.00 bits per heavy atom. The van der Waals surface area contributed by atoms with E-state index in [-0.39, 0.29) is 17.5 Å². The summed E-state index contributed by atoms with van der Waals surface area (Å²) in [5.74, 6) is 0.630. The monoisotopic (exact) mass is 383 g/mol. The Bertz CT molecular complexity index is 949. The standard InChI is InChI=1S/C20H21N3O3S/c1-3-15(21-20(25)18-5-4-12-27-18)13-23-19(24)11-10-17(22-23)14-6-8-16(26-2)9-7-14/h4-12,15H,3,13H2,1-2H3,(H,21,25)/t15-/m1/s1. The van der Waals surface area contributed by atoms with Crippen LogP contribution in [0.1, 0.15) is 23.0 Å². The zero-order valence-electron chi connectivity index (χ0n) is 15.2. The third-order valence-corrected chi connectivity index (χ3v) is 5.09. The molecule has 27 heavy (non-hydrogen) atoms. The number of nitrogens with zero attached hydrogens (tertiary/aromatic N) is 2. The van der Waals surface area contributed by atoms with Crippen LogP contribution in [0.2, 0.25) is 0 Å². The lowest BCUT2D eigenvalue weighted by Crippen LogP contribution is -2.40. The van der Waals surface area contributed by atoms with Crippen molar-refractivity contribution >= 4 is 17.2 Å². The van der Waals surface area contributed by atoms with Crippen LogP contribution >= 0.6 is 11.3 Å². The predicted molar refractivity (Wildman–Crippen MR) is 106 cm³/mol. The van der Waals surface area contributed by atoms with Gasteiger partial charge in [-0.15, -0.1) is 11.3 Å². The molecular formula is C20H21N3O3S. The van der Waals surface area contributed by atoms with E-state index in [4.69, 9.17) is 4.74 Å². The summed E-state index contributed by atoms with van der Waals surface area (Å²) in [6.07, 6.45) is 0.692. The molecule has 0 saturated heterocycles. The Morgan fingerprint density at radius 1 is 1.22 bits per heavy atom. The van der Waals surface area contributed by atoms with E-state index in [0.29, 0.717) is 23.5 Å². The second-order valence-corrected chi connectivity index (χ2v) is 6.97. The van der Waals surface area contributed by atoms with Gasteiger partial charge in [0.15, 0.2) is 0 Å². The number of benzene rings is 1. The van der Waals surface area contributed by atoms with Gasteiger partial charge in [-0.2, -0.15) is 5.10 Å². The fraction of sp³-hybridized carbons (Fsp3) is 0.250. The fourth-order valence-corrected chi connectivity index (χ4v) is 3.27. The van der Waals surface area contributed by atoms with Crippen molar-refractivity contribution in [1.29, 1.82) is 0 Å². The lowest BCUT2D eigenvalue weighted by Gasteiger charge is -2.17. The lowest BCUT2D eigenvalue weighted by molar-refractivity contribution is 0.0935. The van der Waals surface area contributed by atoms with E-state index in [1.807, 2.05) is 42.6 Å². The molecule has 0 spiro atoms. The smallest absolute Gasteiger partial charge is 0.266 e. The van der Waals surface area contributed by atoms with Gasteiger partial charge in [0.1, 0.15) is 5.75 Å². The highest BCUT2D eigenvalue weighted by molar-refractivity contribution is 7.12. The summed E-state index contributed by atoms with van der Waals surface area (Å²) in [5, 5.41) is 9.31. The number of rotatable bonds is 7. The molecule has 0 unspecified atom stereocenters. The Morgan fingerprint density at radius 3 is 2.63 bits per heavy atom. The summed E-state index contributed by atoms with van der Waals surface area (Å²) < 4.78 is 6.57. The summed E-state index contributed by atoms with van der Waals surface area (Å²) >= 11 is 1.39. The van der Waals surface area contributed by atoms with Gasteiger partial charge in [0.2, 0.25) is 0 Å². The normalized spacial score (nSPS) is 11.8. The number of hydrogen-bond donors (Lipinski definition) is 1. The van der Waals surface area contributed by atoms with Crippen LogP contribution < -0.4 is 15.6 Å². The first-order valence-corrected chi connectivity index (χ1v) is 9.55. The third-order valence-electron chi connectivity index (χ3n) is 4.22. The predicted octanol–water partition coefficient (Wildman–Crippen LogP) is 3.19. The fourth-order valence-electron chi connectivity index (χ4n) is 2.65. The van der Waals surface area contributed by atoms with Crippen LogP contribution in [-0.4, -0.2) is 28.8 Å². The molecule has 3 rings (SSSR count). The minimum Gasteiger partial charge on any atom is -0.497 e. The first-order chi connectivity index (χ1) is 13.1. The highest BCUT2D eigenvalue weighted by Crippen LogP contribution is 2.19. The minimum absolute atomic E-state index is 0.129. The summed E-state index contributed by atoms with van der Waals surface area (Å²) in [4.78, 5) is 25.2. The molecule has 1 amide bonds. The summed E-state index contributed by atoms with van der Waals surface area (Å²) in [7, 11) is 1.61. The van der Waals surface area contributed by atoms with Crippen LogP contribution in [0.15, 0.2) is 58.7 Å². The summed E-state index contributed by atoms with van der Waals surface area (Å²) in [6.45, 7) is 2.29. The zero-order chi connectivity index (χ0) is 19.2. The van der Waals surface area contributed by atoms with Crippen molar-refractivity contribution in [1.82, 2.24) is 15.1 Å². The molecule has 0 bridgehead atoms. The second kappa shape index (κ2) is 8.64. The molecule has 0 saturated carbocycles. The van der Waals surface area contributed by atoms with Crippen molar-refractivity contribution in [2.75, 3.05) is 7.11 Å². The van der Waals surface area contributed by atoms with Gasteiger partial charge in [-0.3, -0.25) is 9.59 Å². The van der Waals surface area contributed by atoms with Gasteiger partial charge in [0.25, 0.3) is 11.5 Å². The van der Waals surface area contributed by atoms with Crippen molar-refractivity contribution in [3.63, 3.8) is 0 Å². The van der Waals surface area contributed by atoms with Gasteiger partial charge >= 0.3 is 0 Å². The van der Waals surface area contributed by atoms with E-state index in [9.17, 15) is 9.59 Å². The molecule has 1 N–H and O–H groups in total. The van der Waals surface area contributed by atoms with Crippen LogP contribution in [0.3, 0.4) is 0 Å². The lowest BCUT2D eigenvalue weighted by atomic mass is 10.1. The molecule has 0 aliphatic rings. The average Bonchev–Trinajstić information content (AvgIpc) is 3.24. The molecular weight excluding hydrogens is 362 g/mol. The number of methoxy groups -OCH3 is 1. The van der Waals surface area contributed by atoms with E-state index in [0.717, 1.165) is 11.3 Å². The molecule has 0 aliphatic carbocycles. The molecule has 2 aromatic heterocycles. The highest BCUT2D eigenvalue weighted by atomic mass is 32.1. The van der Waals surface area contributed by atoms with E-state index in [2.05, 4.69) is 10.4 Å². The second-order valence-electron chi connectivity index (χ2n) is 6.02. The zero-order valence-corrected chi connectivity index (χ0v) is 16.0. The van der Waals surface area contributed by atoms with Crippen LogP contribution in [-0.2, 0) is 6.54 Å². The van der Waals surface area contributed by atoms with Crippen LogP contribution in [0, 0.1) is 0 Å². The van der Waals surface area contributed by atoms with Crippen molar-refractivity contribution in [3.8, 4) is 17.0 Å². The topological polar surface area (TPSA) is 73.2 Å². The van der Waals surface area contributed by atoms with E-state index in [1.165, 1.54) is 22.1 Å². The van der Waals surface area contributed by atoms with Crippen LogP contribution in [0.25, 0.3) is 11.3 Å². The number of ether oxygens (including phenoxy) is 1. The average molecular weight is 383 g/mol.